The van der Waals surface area contributed by atoms with E-state index < -0.39 is 0 Å². The average Bonchev–Trinajstić information content (AvgIpc) is 2.33. The molecule has 0 amide bonds. The van der Waals surface area contributed by atoms with Gasteiger partial charge in [0.1, 0.15) is 12.2 Å². The van der Waals surface area contributed by atoms with E-state index in [1.807, 2.05) is 19.0 Å². The molecule has 5 nitrogen and oxygen atoms in total. The predicted molar refractivity (Wildman–Crippen MR) is 78.7 cm³/mol. The third-order valence-electron chi connectivity index (χ3n) is 2.70. The van der Waals surface area contributed by atoms with Gasteiger partial charge in [0.15, 0.2) is 0 Å². The van der Waals surface area contributed by atoms with Crippen LogP contribution in [0.1, 0.15) is 18.0 Å². The minimum Gasteiger partial charge on any atom is -0.388 e. The molecule has 7 heteroatoms. The monoisotopic (exact) mass is 331 g/mol. The first-order valence-electron chi connectivity index (χ1n) is 5.83. The van der Waals surface area contributed by atoms with Crippen LogP contribution in [0.2, 0.25) is 0 Å². The first-order valence-corrected chi connectivity index (χ1v) is 6.62. The highest BCUT2D eigenvalue weighted by molar-refractivity contribution is 9.10. The molecule has 0 heterocycles. The molecule has 106 valence electrons. The highest BCUT2D eigenvalue weighted by atomic mass is 79.9. The molecule has 0 radical (unpaired) electrons. The van der Waals surface area contributed by atoms with Crippen LogP contribution < -0.4 is 11.6 Å². The molecule has 0 aliphatic carbocycles. The van der Waals surface area contributed by atoms with Gasteiger partial charge in [0.2, 0.25) is 0 Å². The van der Waals surface area contributed by atoms with Crippen LogP contribution in [-0.4, -0.2) is 37.0 Å². The van der Waals surface area contributed by atoms with Gasteiger partial charge in [-0.2, -0.15) is 5.10 Å². The summed E-state index contributed by atoms with van der Waals surface area (Å²) in [6.07, 6.45) is 1.89. The molecule has 19 heavy (non-hydrogen) atoms. The van der Waals surface area contributed by atoms with Crippen LogP contribution in [0, 0.1) is 5.82 Å². The summed E-state index contributed by atoms with van der Waals surface area (Å²) >= 11 is 3.17. The predicted octanol–water partition coefficient (Wildman–Crippen LogP) is 1.66. The van der Waals surface area contributed by atoms with Gasteiger partial charge in [-0.15, -0.1) is 0 Å². The fraction of sp³-hybridized carbons (Fsp3) is 0.417. The zero-order chi connectivity index (χ0) is 14.4. The number of halogens is 2. The topological polar surface area (TPSA) is 70.9 Å². The smallest absolute Gasteiger partial charge is 0.137 e. The maximum absolute atomic E-state index is 13.3. The Balaban J connectivity index is 2.96. The minimum atomic E-state index is -0.305. The zero-order valence-corrected chi connectivity index (χ0v) is 12.6. The van der Waals surface area contributed by atoms with Crippen LogP contribution in [0.5, 0.6) is 0 Å². The van der Waals surface area contributed by atoms with Crippen molar-refractivity contribution in [2.45, 2.75) is 12.5 Å². The molecule has 0 aromatic heterocycles. The highest BCUT2D eigenvalue weighted by Gasteiger charge is 2.18. The van der Waals surface area contributed by atoms with E-state index in [-0.39, 0.29) is 11.9 Å². The summed E-state index contributed by atoms with van der Waals surface area (Å²) in [5.74, 6) is 5.56. The molecular formula is C12H19BrFN5. The summed E-state index contributed by atoms with van der Waals surface area (Å²) in [5.41, 5.74) is 6.14. The van der Waals surface area contributed by atoms with Crippen LogP contribution in [-0.2, 0) is 0 Å². The summed E-state index contributed by atoms with van der Waals surface area (Å²) in [7, 11) is 3.95. The Bertz CT molecular complexity index is 438. The van der Waals surface area contributed by atoms with Gasteiger partial charge in [-0.3, -0.25) is 0 Å². The molecule has 1 aromatic rings. The molecule has 4 N–H and O–H groups in total. The first kappa shape index (κ1) is 15.9. The molecule has 0 aliphatic heterocycles. The van der Waals surface area contributed by atoms with Gasteiger partial charge in [0.25, 0.3) is 0 Å². The number of nitrogens with zero attached hydrogens (tertiary/aromatic N) is 3. The lowest BCUT2D eigenvalue weighted by Crippen LogP contribution is -2.33. The van der Waals surface area contributed by atoms with E-state index in [4.69, 9.17) is 11.6 Å². The van der Waals surface area contributed by atoms with Crippen molar-refractivity contribution in [3.05, 3.63) is 34.1 Å². The zero-order valence-electron chi connectivity index (χ0n) is 11.1. The van der Waals surface area contributed by atoms with Gasteiger partial charge in [0, 0.05) is 0 Å². The normalized spacial score (nSPS) is 13.2. The summed E-state index contributed by atoms with van der Waals surface area (Å²) in [6, 6.07) is 4.65. The summed E-state index contributed by atoms with van der Waals surface area (Å²) in [5, 5.41) is 5.16. The molecule has 1 atom stereocenters. The molecular weight excluding hydrogens is 313 g/mol. The number of hydrogen-bond acceptors (Lipinski definition) is 4. The van der Waals surface area contributed by atoms with Crippen molar-refractivity contribution in [2.24, 2.45) is 16.7 Å². The van der Waals surface area contributed by atoms with Gasteiger partial charge >= 0.3 is 0 Å². The lowest BCUT2D eigenvalue weighted by atomic mass is 10.0. The van der Waals surface area contributed by atoms with Gasteiger partial charge in [-0.05, 0) is 60.7 Å². The Morgan fingerprint density at radius 2 is 2.16 bits per heavy atom. The summed E-state index contributed by atoms with van der Waals surface area (Å²) < 4.78 is 13.7. The Kier molecular flexibility index (Phi) is 6.20. The summed E-state index contributed by atoms with van der Waals surface area (Å²) in [6.45, 7) is 0.827. The number of nitrogens with two attached hydrogens (primary N) is 2. The SMILES string of the molecule is CN(C)CCC(c1ccc(F)c(Br)c1)N(N)/N=C\N. The van der Waals surface area contributed by atoms with Gasteiger partial charge < -0.3 is 10.6 Å². The third-order valence-corrected chi connectivity index (χ3v) is 3.31. The third kappa shape index (κ3) is 4.77. The fourth-order valence-corrected chi connectivity index (χ4v) is 2.11. The second-order valence-electron chi connectivity index (χ2n) is 4.43. The van der Waals surface area contributed by atoms with Crippen LogP contribution in [0.4, 0.5) is 4.39 Å². The van der Waals surface area contributed by atoms with Gasteiger partial charge in [-0.25, -0.2) is 15.4 Å². The van der Waals surface area contributed by atoms with E-state index in [9.17, 15) is 4.39 Å². The van der Waals surface area contributed by atoms with Crippen LogP contribution in [0.3, 0.4) is 0 Å². The Morgan fingerprint density at radius 1 is 1.47 bits per heavy atom. The molecule has 1 rings (SSSR count). The lowest BCUT2D eigenvalue weighted by Gasteiger charge is -2.26. The van der Waals surface area contributed by atoms with Crippen LogP contribution in [0.15, 0.2) is 27.8 Å². The molecule has 0 spiro atoms. The van der Waals surface area contributed by atoms with Crippen molar-refractivity contribution >= 4 is 22.3 Å². The minimum absolute atomic E-state index is 0.168. The number of hydrogen-bond donors (Lipinski definition) is 2. The lowest BCUT2D eigenvalue weighted by molar-refractivity contribution is 0.187. The number of benzene rings is 1. The maximum Gasteiger partial charge on any atom is 0.137 e. The van der Waals surface area contributed by atoms with E-state index in [1.165, 1.54) is 11.2 Å². The quantitative estimate of drug-likeness (QED) is 0.360. The van der Waals surface area contributed by atoms with Crippen molar-refractivity contribution in [1.82, 2.24) is 10.0 Å². The second-order valence-corrected chi connectivity index (χ2v) is 5.28. The number of rotatable bonds is 6. The fourth-order valence-electron chi connectivity index (χ4n) is 1.71. The number of hydrazone groups is 1. The molecule has 0 saturated carbocycles. The Labute approximate surface area is 121 Å². The summed E-state index contributed by atoms with van der Waals surface area (Å²) in [4.78, 5) is 2.05. The standard InChI is InChI=1S/C12H19BrFN5/c1-18(2)6-5-12(19(16)17-8-15)9-3-4-11(14)10(13)7-9/h3-4,7-8,12H,5-6,16H2,1-2H3,(H2,15,17). The highest BCUT2D eigenvalue weighted by Crippen LogP contribution is 2.26. The second kappa shape index (κ2) is 7.42. The molecule has 1 aromatic carbocycles. The molecule has 0 fully saturated rings. The van der Waals surface area contributed by atoms with E-state index in [2.05, 4.69) is 21.0 Å². The van der Waals surface area contributed by atoms with Crippen molar-refractivity contribution in [2.75, 3.05) is 20.6 Å². The molecule has 1 unspecified atom stereocenters. The van der Waals surface area contributed by atoms with Crippen LogP contribution in [0.25, 0.3) is 0 Å². The first-order chi connectivity index (χ1) is 8.95. The van der Waals surface area contributed by atoms with E-state index in [1.54, 1.807) is 12.1 Å². The van der Waals surface area contributed by atoms with Crippen molar-refractivity contribution in [1.29, 1.82) is 0 Å². The van der Waals surface area contributed by atoms with Crippen molar-refractivity contribution in [3.8, 4) is 0 Å². The largest absolute Gasteiger partial charge is 0.388 e. The molecule has 0 bridgehead atoms. The van der Waals surface area contributed by atoms with Crippen LogP contribution >= 0.6 is 15.9 Å². The maximum atomic E-state index is 13.3. The van der Waals surface area contributed by atoms with Crippen molar-refractivity contribution < 1.29 is 4.39 Å². The molecule has 0 aliphatic rings. The average molecular weight is 332 g/mol. The Morgan fingerprint density at radius 3 is 2.68 bits per heavy atom. The van der Waals surface area contributed by atoms with E-state index in [0.29, 0.717) is 4.47 Å². The van der Waals surface area contributed by atoms with Gasteiger partial charge in [0.05, 0.1) is 10.5 Å². The van der Waals surface area contributed by atoms with Gasteiger partial charge in [-0.1, -0.05) is 6.07 Å². The van der Waals surface area contributed by atoms with E-state index in [0.717, 1.165) is 24.9 Å². The number of hydrazine groups is 1. The molecule has 0 saturated heterocycles. The Hall–Kier alpha value is -1.18. The van der Waals surface area contributed by atoms with E-state index >= 15 is 0 Å². The van der Waals surface area contributed by atoms with Crippen molar-refractivity contribution in [3.63, 3.8) is 0 Å².